The Balaban J connectivity index is 1.02. The number of piperazine rings is 1. The Bertz CT molecular complexity index is 841. The van der Waals surface area contributed by atoms with E-state index in [1.54, 1.807) is 11.3 Å². The molecule has 7 nitrogen and oxygen atoms in total. The van der Waals surface area contributed by atoms with E-state index >= 15 is 0 Å². The highest BCUT2D eigenvalue weighted by atomic mass is 32.1. The molecule has 0 aromatic carbocycles. The molecule has 186 valence electrons. The molecule has 34 heavy (non-hydrogen) atoms. The molecule has 6 aliphatic rings. The first-order valence-corrected chi connectivity index (χ1v) is 14.1. The fraction of sp³-hybridized carbons (Fsp3) is 0.769. The summed E-state index contributed by atoms with van der Waals surface area (Å²) in [6, 6.07) is 4.42. The van der Waals surface area contributed by atoms with Gasteiger partial charge in [-0.3, -0.25) is 9.69 Å². The van der Waals surface area contributed by atoms with Crippen molar-refractivity contribution in [3.8, 4) is 0 Å². The maximum Gasteiger partial charge on any atom is 0.317 e. The number of hydrogen-bond donors (Lipinski definition) is 1. The second kappa shape index (κ2) is 9.43. The van der Waals surface area contributed by atoms with Gasteiger partial charge in [0.05, 0.1) is 24.7 Å². The van der Waals surface area contributed by atoms with Crippen molar-refractivity contribution < 1.29 is 14.3 Å². The highest BCUT2D eigenvalue weighted by Crippen LogP contribution is 2.60. The van der Waals surface area contributed by atoms with E-state index in [9.17, 15) is 9.59 Å². The summed E-state index contributed by atoms with van der Waals surface area (Å²) in [5, 5.41) is 5.30. The summed E-state index contributed by atoms with van der Waals surface area (Å²) in [5.41, 5.74) is -0.0781. The zero-order chi connectivity index (χ0) is 23.1. The van der Waals surface area contributed by atoms with E-state index in [1.165, 1.54) is 24.1 Å². The Morgan fingerprint density at radius 3 is 2.18 bits per heavy atom. The topological polar surface area (TPSA) is 65.1 Å². The zero-order valence-corrected chi connectivity index (χ0v) is 20.9. The highest BCUT2D eigenvalue weighted by molar-refractivity contribution is 7.10. The predicted molar refractivity (Wildman–Crippen MR) is 132 cm³/mol. The van der Waals surface area contributed by atoms with Crippen LogP contribution >= 0.6 is 11.3 Å². The predicted octanol–water partition coefficient (Wildman–Crippen LogP) is 3.19. The summed E-state index contributed by atoms with van der Waals surface area (Å²) in [7, 11) is 0. The van der Waals surface area contributed by atoms with Crippen LogP contribution in [0.4, 0.5) is 4.79 Å². The lowest BCUT2D eigenvalue weighted by molar-refractivity contribution is -0.159. The Morgan fingerprint density at radius 2 is 1.59 bits per heavy atom. The molecular weight excluding hydrogens is 448 g/mol. The maximum atomic E-state index is 13.6. The molecule has 3 amide bonds. The molecule has 8 heteroatoms. The molecule has 0 unspecified atom stereocenters. The van der Waals surface area contributed by atoms with Crippen molar-refractivity contribution in [1.29, 1.82) is 0 Å². The van der Waals surface area contributed by atoms with E-state index < -0.39 is 0 Å². The van der Waals surface area contributed by atoms with E-state index in [4.69, 9.17) is 4.74 Å². The number of hydrogen-bond acceptors (Lipinski definition) is 5. The number of nitrogens with one attached hydrogen (secondary N) is 1. The van der Waals surface area contributed by atoms with Crippen LogP contribution in [-0.2, 0) is 9.53 Å². The van der Waals surface area contributed by atoms with Gasteiger partial charge in [-0.25, -0.2) is 4.79 Å². The third kappa shape index (κ3) is 4.37. The van der Waals surface area contributed by atoms with Crippen molar-refractivity contribution in [1.82, 2.24) is 20.0 Å². The number of urea groups is 1. The third-order valence-electron chi connectivity index (χ3n) is 9.15. The van der Waals surface area contributed by atoms with Gasteiger partial charge in [0.1, 0.15) is 0 Å². The van der Waals surface area contributed by atoms with Crippen molar-refractivity contribution in [3.63, 3.8) is 0 Å². The molecule has 4 saturated carbocycles. The summed E-state index contributed by atoms with van der Waals surface area (Å²) in [6.45, 7) is 6.48. The van der Waals surface area contributed by atoms with Gasteiger partial charge < -0.3 is 19.9 Å². The Labute approximate surface area is 206 Å². The van der Waals surface area contributed by atoms with Crippen molar-refractivity contribution in [2.24, 2.45) is 23.2 Å². The van der Waals surface area contributed by atoms with Crippen molar-refractivity contribution in [3.05, 3.63) is 22.4 Å². The number of amides is 3. The SMILES string of the molecule is O=C(NC[C@@H](c1cccs1)N1CCOCC1)N1CCN(C(=O)C23CC4CC(CC(C4)C2)C3)CC1. The lowest BCUT2D eigenvalue weighted by Crippen LogP contribution is -2.59. The molecule has 1 atom stereocenters. The van der Waals surface area contributed by atoms with Crippen LogP contribution in [0.25, 0.3) is 0 Å². The molecular formula is C26H38N4O3S. The molecule has 1 aromatic rings. The molecule has 6 fully saturated rings. The van der Waals surface area contributed by atoms with Crippen molar-refractivity contribution in [2.75, 3.05) is 59.0 Å². The first kappa shape index (κ1) is 22.8. The van der Waals surface area contributed by atoms with E-state index in [-0.39, 0.29) is 17.5 Å². The van der Waals surface area contributed by atoms with E-state index in [0.29, 0.717) is 38.6 Å². The minimum atomic E-state index is -0.0781. The molecule has 2 saturated heterocycles. The smallest absolute Gasteiger partial charge is 0.317 e. The van der Waals surface area contributed by atoms with Crippen LogP contribution in [0, 0.1) is 23.2 Å². The molecule has 0 spiro atoms. The van der Waals surface area contributed by atoms with Gasteiger partial charge in [-0.05, 0) is 67.7 Å². The Hall–Kier alpha value is -1.64. The Morgan fingerprint density at radius 1 is 0.971 bits per heavy atom. The van der Waals surface area contributed by atoms with Gasteiger partial charge >= 0.3 is 6.03 Å². The van der Waals surface area contributed by atoms with Crippen LogP contribution in [0.1, 0.15) is 49.4 Å². The van der Waals surface area contributed by atoms with E-state index in [2.05, 4.69) is 32.6 Å². The van der Waals surface area contributed by atoms with E-state index in [1.807, 2.05) is 4.90 Å². The number of morpholine rings is 1. The van der Waals surface area contributed by atoms with Gasteiger partial charge in [-0.2, -0.15) is 0 Å². The first-order chi connectivity index (χ1) is 16.6. The molecule has 1 N–H and O–H groups in total. The average molecular weight is 487 g/mol. The highest BCUT2D eigenvalue weighted by Gasteiger charge is 2.55. The molecule has 0 radical (unpaired) electrons. The van der Waals surface area contributed by atoms with Crippen LogP contribution < -0.4 is 5.32 Å². The number of carbonyl (C=O) groups is 2. The Kier molecular flexibility index (Phi) is 6.32. The number of thiophene rings is 1. The summed E-state index contributed by atoms with van der Waals surface area (Å²) < 4.78 is 5.53. The lowest BCUT2D eigenvalue weighted by Gasteiger charge is -2.57. The second-order valence-corrected chi connectivity index (χ2v) is 12.3. The van der Waals surface area contributed by atoms with Gasteiger partial charge in [0.25, 0.3) is 0 Å². The number of carbonyl (C=O) groups excluding carboxylic acids is 2. The first-order valence-electron chi connectivity index (χ1n) is 13.3. The monoisotopic (exact) mass is 486 g/mol. The molecule has 2 aliphatic heterocycles. The molecule has 4 bridgehead atoms. The van der Waals surface area contributed by atoms with Crippen LogP contribution in [0.15, 0.2) is 17.5 Å². The lowest BCUT2D eigenvalue weighted by atomic mass is 9.49. The largest absolute Gasteiger partial charge is 0.379 e. The summed E-state index contributed by atoms with van der Waals surface area (Å²) >= 11 is 1.75. The molecule has 7 rings (SSSR count). The van der Waals surface area contributed by atoms with Gasteiger partial charge in [0.15, 0.2) is 0 Å². The normalized spacial score (nSPS) is 34.3. The zero-order valence-electron chi connectivity index (χ0n) is 20.1. The third-order valence-corrected chi connectivity index (χ3v) is 10.1. The summed E-state index contributed by atoms with van der Waals surface area (Å²) in [6.07, 6.45) is 7.42. The summed E-state index contributed by atoms with van der Waals surface area (Å²) in [5.74, 6) is 2.75. The van der Waals surface area contributed by atoms with Crippen molar-refractivity contribution >= 4 is 23.3 Å². The fourth-order valence-electron chi connectivity index (χ4n) is 7.90. The molecule has 4 aliphatic carbocycles. The second-order valence-electron chi connectivity index (χ2n) is 11.3. The van der Waals surface area contributed by atoms with Crippen LogP contribution in [0.3, 0.4) is 0 Å². The van der Waals surface area contributed by atoms with Gasteiger partial charge in [-0.15, -0.1) is 11.3 Å². The average Bonchev–Trinajstić information content (AvgIpc) is 3.38. The maximum absolute atomic E-state index is 13.6. The fourth-order valence-corrected chi connectivity index (χ4v) is 8.76. The quantitative estimate of drug-likeness (QED) is 0.694. The van der Waals surface area contributed by atoms with Gasteiger partial charge in [0.2, 0.25) is 5.91 Å². The number of ether oxygens (including phenoxy) is 1. The molecule has 3 heterocycles. The summed E-state index contributed by atoms with van der Waals surface area (Å²) in [4.78, 5) is 34.3. The van der Waals surface area contributed by atoms with Gasteiger partial charge in [0, 0.05) is 50.7 Å². The molecule has 1 aromatic heterocycles. The van der Waals surface area contributed by atoms with E-state index in [0.717, 1.165) is 63.3 Å². The van der Waals surface area contributed by atoms with Crippen LogP contribution in [0.2, 0.25) is 0 Å². The number of nitrogens with zero attached hydrogens (tertiary/aromatic N) is 3. The van der Waals surface area contributed by atoms with Crippen LogP contribution in [0.5, 0.6) is 0 Å². The number of rotatable bonds is 5. The minimum Gasteiger partial charge on any atom is -0.379 e. The minimum absolute atomic E-state index is 0.00304. The standard InChI is InChI=1S/C26H38N4O3S/c31-24(26-15-19-12-20(16-26)14-21(13-19)17-26)29-3-5-30(6-4-29)25(32)27-18-22(23-2-1-11-34-23)28-7-9-33-10-8-28/h1-2,11,19-22H,3-10,12-18H2,(H,27,32)/t19?,20?,21?,22-,26?/m0/s1. The van der Waals surface area contributed by atoms with Crippen molar-refractivity contribution in [2.45, 2.75) is 44.6 Å². The van der Waals surface area contributed by atoms with Gasteiger partial charge in [-0.1, -0.05) is 6.07 Å². The van der Waals surface area contributed by atoms with Crippen LogP contribution in [-0.4, -0.2) is 85.7 Å².